The Balaban J connectivity index is 1.32. The summed E-state index contributed by atoms with van der Waals surface area (Å²) in [6.07, 6.45) is 2.59. The maximum atomic E-state index is 14.9. The Morgan fingerprint density at radius 2 is 2.03 bits per heavy atom. The molecule has 158 valence electrons. The van der Waals surface area contributed by atoms with Crippen molar-refractivity contribution in [3.63, 3.8) is 0 Å². The van der Waals surface area contributed by atoms with Crippen molar-refractivity contribution in [2.24, 2.45) is 0 Å². The number of nitrogens with one attached hydrogen (secondary N) is 2. The number of methoxy groups -OCH3 is 1. The molecule has 0 spiro atoms. The summed E-state index contributed by atoms with van der Waals surface area (Å²) in [5.41, 5.74) is 2.36. The smallest absolute Gasteiger partial charge is 0.251 e. The summed E-state index contributed by atoms with van der Waals surface area (Å²) >= 11 is 0. The highest BCUT2D eigenvalue weighted by molar-refractivity contribution is 5.95. The summed E-state index contributed by atoms with van der Waals surface area (Å²) in [6, 6.07) is 10.9. The van der Waals surface area contributed by atoms with Crippen LogP contribution in [0.4, 0.5) is 10.1 Å². The molecule has 0 unspecified atom stereocenters. The van der Waals surface area contributed by atoms with Gasteiger partial charge in [0.15, 0.2) is 5.82 Å². The van der Waals surface area contributed by atoms with Crippen molar-refractivity contribution in [1.82, 2.24) is 10.2 Å². The third-order valence-electron chi connectivity index (χ3n) is 5.84. The molecule has 1 fully saturated rings. The van der Waals surface area contributed by atoms with Crippen molar-refractivity contribution in [1.29, 1.82) is 0 Å². The number of halogens is 1. The molecule has 2 amide bonds. The average Bonchev–Trinajstić information content (AvgIpc) is 2.77. The molecule has 0 saturated carbocycles. The van der Waals surface area contributed by atoms with Crippen LogP contribution in [0.25, 0.3) is 0 Å². The first kappa shape index (κ1) is 20.3. The topological polar surface area (TPSA) is 70.7 Å². The van der Waals surface area contributed by atoms with E-state index < -0.39 is 0 Å². The van der Waals surface area contributed by atoms with Crippen molar-refractivity contribution in [2.45, 2.75) is 38.3 Å². The Labute approximate surface area is 175 Å². The van der Waals surface area contributed by atoms with Crippen molar-refractivity contribution < 1.29 is 18.7 Å². The molecule has 2 N–H and O–H groups in total. The summed E-state index contributed by atoms with van der Waals surface area (Å²) < 4.78 is 20.0. The van der Waals surface area contributed by atoms with E-state index in [1.165, 1.54) is 0 Å². The predicted molar refractivity (Wildman–Crippen MR) is 112 cm³/mol. The van der Waals surface area contributed by atoms with Crippen molar-refractivity contribution >= 4 is 17.5 Å². The molecule has 7 heteroatoms. The van der Waals surface area contributed by atoms with Crippen LogP contribution in [0.2, 0.25) is 0 Å². The number of benzene rings is 2. The number of carbonyl (C=O) groups is 2. The van der Waals surface area contributed by atoms with Crippen LogP contribution in [0.1, 0.15) is 40.7 Å². The molecular weight excluding hydrogens is 385 g/mol. The number of hydrogen-bond donors (Lipinski definition) is 2. The maximum absolute atomic E-state index is 14.9. The van der Waals surface area contributed by atoms with Crippen LogP contribution >= 0.6 is 0 Å². The van der Waals surface area contributed by atoms with Gasteiger partial charge in [-0.15, -0.1) is 0 Å². The molecular formula is C23H26FN3O3. The molecule has 2 aromatic rings. The number of fused-ring (bicyclic) bond motifs is 1. The molecule has 0 aliphatic carbocycles. The van der Waals surface area contributed by atoms with E-state index in [0.717, 1.165) is 31.5 Å². The molecule has 0 atom stereocenters. The molecule has 6 nitrogen and oxygen atoms in total. The molecule has 0 radical (unpaired) electrons. The zero-order valence-corrected chi connectivity index (χ0v) is 17.0. The minimum atomic E-state index is -0.325. The monoisotopic (exact) mass is 411 g/mol. The number of likely N-dealkylation sites (tertiary alicyclic amines) is 1. The molecule has 1 saturated heterocycles. The highest BCUT2D eigenvalue weighted by atomic mass is 19.1. The van der Waals surface area contributed by atoms with Gasteiger partial charge in [-0.3, -0.25) is 14.5 Å². The third kappa shape index (κ3) is 4.46. The molecule has 2 aliphatic rings. The standard InChI is InChI=1S/C23H26FN3O3/c1-30-19-4-2-3-16(13-19)23(29)25-18-9-11-27(12-10-18)14-17-6-5-15-7-8-20(28)26-22(15)21(17)24/h2-6,13,18H,7-12,14H2,1H3,(H,25,29)(H,26,28). The summed E-state index contributed by atoms with van der Waals surface area (Å²) in [5.74, 6) is 0.0877. The van der Waals surface area contributed by atoms with Gasteiger partial charge in [0.25, 0.3) is 5.91 Å². The third-order valence-corrected chi connectivity index (χ3v) is 5.84. The van der Waals surface area contributed by atoms with Crippen LogP contribution in [0.15, 0.2) is 36.4 Å². The molecule has 4 rings (SSSR count). The largest absolute Gasteiger partial charge is 0.497 e. The number of aryl methyl sites for hydroxylation is 1. The van der Waals surface area contributed by atoms with Gasteiger partial charge in [0.1, 0.15) is 5.75 Å². The Morgan fingerprint density at radius 3 is 2.80 bits per heavy atom. The lowest BCUT2D eigenvalue weighted by Crippen LogP contribution is -2.44. The fourth-order valence-electron chi connectivity index (χ4n) is 4.08. The Morgan fingerprint density at radius 1 is 1.23 bits per heavy atom. The molecule has 0 bridgehead atoms. The first-order chi connectivity index (χ1) is 14.5. The summed E-state index contributed by atoms with van der Waals surface area (Å²) in [6.45, 7) is 2.03. The number of anilines is 1. The predicted octanol–water partition coefficient (Wildman–Crippen LogP) is 3.11. The second-order valence-corrected chi connectivity index (χ2v) is 7.88. The molecule has 0 aromatic heterocycles. The SMILES string of the molecule is COc1cccc(C(=O)NC2CCN(Cc3ccc4c(c3F)NC(=O)CC4)CC2)c1. The van der Waals surface area contributed by atoms with E-state index in [9.17, 15) is 14.0 Å². The first-order valence-corrected chi connectivity index (χ1v) is 10.3. The fraction of sp³-hybridized carbons (Fsp3) is 0.391. The number of amides is 2. The summed E-state index contributed by atoms with van der Waals surface area (Å²) in [4.78, 5) is 26.3. The highest BCUT2D eigenvalue weighted by Gasteiger charge is 2.24. The second-order valence-electron chi connectivity index (χ2n) is 7.88. The lowest BCUT2D eigenvalue weighted by molar-refractivity contribution is -0.116. The number of nitrogens with zero attached hydrogens (tertiary/aromatic N) is 1. The van der Waals surface area contributed by atoms with E-state index in [2.05, 4.69) is 15.5 Å². The van der Waals surface area contributed by atoms with E-state index in [4.69, 9.17) is 4.74 Å². The number of hydrogen-bond acceptors (Lipinski definition) is 4. The number of rotatable bonds is 5. The van der Waals surface area contributed by atoms with Crippen molar-refractivity contribution in [3.05, 3.63) is 58.9 Å². The quantitative estimate of drug-likeness (QED) is 0.793. The van der Waals surface area contributed by atoms with E-state index in [0.29, 0.717) is 42.0 Å². The zero-order valence-electron chi connectivity index (χ0n) is 17.0. The van der Waals surface area contributed by atoms with Gasteiger partial charge in [-0.2, -0.15) is 0 Å². The summed E-state index contributed by atoms with van der Waals surface area (Å²) in [7, 11) is 1.58. The lowest BCUT2D eigenvalue weighted by Gasteiger charge is -2.32. The van der Waals surface area contributed by atoms with E-state index in [1.54, 1.807) is 31.4 Å². The Bertz CT molecular complexity index is 955. The van der Waals surface area contributed by atoms with Gasteiger partial charge in [-0.25, -0.2) is 4.39 Å². The highest BCUT2D eigenvalue weighted by Crippen LogP contribution is 2.29. The number of carbonyl (C=O) groups excluding carboxylic acids is 2. The van der Waals surface area contributed by atoms with Gasteiger partial charge in [0.2, 0.25) is 5.91 Å². The van der Waals surface area contributed by atoms with E-state index in [1.807, 2.05) is 12.1 Å². The minimum absolute atomic E-state index is 0.0904. The van der Waals surface area contributed by atoms with Gasteiger partial charge >= 0.3 is 0 Å². The van der Waals surface area contributed by atoms with Gasteiger partial charge in [0.05, 0.1) is 12.8 Å². The lowest BCUT2D eigenvalue weighted by atomic mass is 9.99. The van der Waals surface area contributed by atoms with Gasteiger partial charge in [-0.05, 0) is 43.0 Å². The first-order valence-electron chi connectivity index (χ1n) is 10.3. The van der Waals surface area contributed by atoms with Crippen molar-refractivity contribution in [3.8, 4) is 5.75 Å². The molecule has 30 heavy (non-hydrogen) atoms. The minimum Gasteiger partial charge on any atom is -0.497 e. The van der Waals surface area contributed by atoms with Crippen LogP contribution in [0.3, 0.4) is 0 Å². The van der Waals surface area contributed by atoms with Gasteiger partial charge in [0, 0.05) is 43.2 Å². The van der Waals surface area contributed by atoms with Crippen LogP contribution in [0.5, 0.6) is 5.75 Å². The van der Waals surface area contributed by atoms with E-state index >= 15 is 0 Å². The Hall–Kier alpha value is -2.93. The average molecular weight is 411 g/mol. The number of ether oxygens (including phenoxy) is 1. The zero-order chi connectivity index (χ0) is 21.1. The Kier molecular flexibility index (Phi) is 5.99. The maximum Gasteiger partial charge on any atom is 0.251 e. The fourth-order valence-corrected chi connectivity index (χ4v) is 4.08. The van der Waals surface area contributed by atoms with Crippen LogP contribution in [0, 0.1) is 5.82 Å². The van der Waals surface area contributed by atoms with Crippen LogP contribution in [-0.4, -0.2) is 43.0 Å². The normalized spacial score (nSPS) is 17.2. The van der Waals surface area contributed by atoms with Gasteiger partial charge in [-0.1, -0.05) is 18.2 Å². The molecule has 2 aromatic carbocycles. The number of piperidine rings is 1. The van der Waals surface area contributed by atoms with Crippen molar-refractivity contribution in [2.75, 3.05) is 25.5 Å². The van der Waals surface area contributed by atoms with Crippen LogP contribution in [-0.2, 0) is 17.8 Å². The van der Waals surface area contributed by atoms with Gasteiger partial charge < -0.3 is 15.4 Å². The molecule has 2 heterocycles. The van der Waals surface area contributed by atoms with Crippen LogP contribution < -0.4 is 15.4 Å². The second kappa shape index (κ2) is 8.83. The van der Waals surface area contributed by atoms with E-state index in [-0.39, 0.29) is 23.7 Å². The molecule has 2 aliphatic heterocycles. The summed E-state index contributed by atoms with van der Waals surface area (Å²) in [5, 5.41) is 5.75.